The highest BCUT2D eigenvalue weighted by Gasteiger charge is 2.04. The molecule has 18 heavy (non-hydrogen) atoms. The van der Waals surface area contributed by atoms with Gasteiger partial charge in [-0.2, -0.15) is 4.98 Å². The smallest absolute Gasteiger partial charge is 0.218 e. The molecule has 102 valence electrons. The minimum atomic E-state index is 0.663. The van der Waals surface area contributed by atoms with E-state index in [1.807, 2.05) is 13.0 Å². The van der Waals surface area contributed by atoms with Gasteiger partial charge >= 0.3 is 0 Å². The second-order valence-corrected chi connectivity index (χ2v) is 4.44. The quantitative estimate of drug-likeness (QED) is 0.764. The number of rotatable bonds is 8. The Morgan fingerprint density at radius 1 is 1.28 bits per heavy atom. The molecule has 0 fully saturated rings. The molecule has 0 saturated carbocycles. The third kappa shape index (κ3) is 5.31. The summed E-state index contributed by atoms with van der Waals surface area (Å²) >= 11 is 0. The van der Waals surface area contributed by atoms with Crippen molar-refractivity contribution in [2.24, 2.45) is 0 Å². The molecule has 0 atom stereocenters. The zero-order valence-corrected chi connectivity index (χ0v) is 11.9. The van der Waals surface area contributed by atoms with Crippen LogP contribution in [0.15, 0.2) is 6.07 Å². The topological polar surface area (TPSA) is 50.3 Å². The predicted octanol–water partition coefficient (Wildman–Crippen LogP) is 1.80. The summed E-state index contributed by atoms with van der Waals surface area (Å²) in [5, 5.41) is 3.29. The SMILES string of the molecule is CCCOc1cc(NCCN(C)C)nc(CC)n1. The first kappa shape index (κ1) is 14.7. The number of anilines is 1. The molecule has 1 N–H and O–H groups in total. The van der Waals surface area contributed by atoms with Gasteiger partial charge in [0.15, 0.2) is 0 Å². The summed E-state index contributed by atoms with van der Waals surface area (Å²) in [5.41, 5.74) is 0. The fraction of sp³-hybridized carbons (Fsp3) is 0.692. The van der Waals surface area contributed by atoms with E-state index in [4.69, 9.17) is 4.74 Å². The van der Waals surface area contributed by atoms with Gasteiger partial charge in [0, 0.05) is 25.6 Å². The van der Waals surface area contributed by atoms with E-state index in [-0.39, 0.29) is 0 Å². The third-order valence-electron chi connectivity index (χ3n) is 2.38. The van der Waals surface area contributed by atoms with Crippen molar-refractivity contribution < 1.29 is 4.74 Å². The van der Waals surface area contributed by atoms with Crippen LogP contribution in [0.2, 0.25) is 0 Å². The van der Waals surface area contributed by atoms with Crippen molar-refractivity contribution in [3.05, 3.63) is 11.9 Å². The van der Waals surface area contributed by atoms with Crippen LogP contribution >= 0.6 is 0 Å². The lowest BCUT2D eigenvalue weighted by atomic mass is 10.4. The van der Waals surface area contributed by atoms with Gasteiger partial charge in [-0.15, -0.1) is 0 Å². The summed E-state index contributed by atoms with van der Waals surface area (Å²) in [6, 6.07) is 1.87. The molecule has 0 aliphatic heterocycles. The molecule has 5 nitrogen and oxygen atoms in total. The molecule has 0 radical (unpaired) electrons. The Morgan fingerprint density at radius 3 is 2.67 bits per heavy atom. The standard InChI is InChI=1S/C13H24N4O/c1-5-9-18-13-10-12(14-7-8-17(3)4)15-11(6-2)16-13/h10H,5-9H2,1-4H3,(H,14,15,16). The van der Waals surface area contributed by atoms with Crippen molar-refractivity contribution in [2.45, 2.75) is 26.7 Å². The van der Waals surface area contributed by atoms with Gasteiger partial charge < -0.3 is 15.0 Å². The van der Waals surface area contributed by atoms with Crippen molar-refractivity contribution >= 4 is 5.82 Å². The average Bonchev–Trinajstić information content (AvgIpc) is 2.35. The molecule has 0 aliphatic rings. The van der Waals surface area contributed by atoms with Gasteiger partial charge in [-0.1, -0.05) is 13.8 Å². The predicted molar refractivity (Wildman–Crippen MR) is 74.2 cm³/mol. The Bertz CT molecular complexity index is 355. The molecule has 0 saturated heterocycles. The zero-order chi connectivity index (χ0) is 13.4. The molecule has 5 heteroatoms. The van der Waals surface area contributed by atoms with E-state index in [0.29, 0.717) is 12.5 Å². The average molecular weight is 252 g/mol. The van der Waals surface area contributed by atoms with Crippen molar-refractivity contribution in [3.63, 3.8) is 0 Å². The minimum absolute atomic E-state index is 0.663. The zero-order valence-electron chi connectivity index (χ0n) is 11.9. The summed E-state index contributed by atoms with van der Waals surface area (Å²) in [6.07, 6.45) is 1.79. The molecule has 0 unspecified atom stereocenters. The van der Waals surface area contributed by atoms with Gasteiger partial charge in [-0.25, -0.2) is 4.98 Å². The van der Waals surface area contributed by atoms with Gasteiger partial charge in [-0.3, -0.25) is 0 Å². The number of hydrogen-bond acceptors (Lipinski definition) is 5. The van der Waals surface area contributed by atoms with Gasteiger partial charge in [0.05, 0.1) is 6.61 Å². The molecule has 0 aliphatic carbocycles. The second kappa shape index (κ2) is 7.87. The largest absolute Gasteiger partial charge is 0.478 e. The highest BCUT2D eigenvalue weighted by atomic mass is 16.5. The van der Waals surface area contributed by atoms with Gasteiger partial charge in [-0.05, 0) is 20.5 Å². The molecule has 0 aromatic carbocycles. The fourth-order valence-electron chi connectivity index (χ4n) is 1.41. The molecule has 1 heterocycles. The maximum atomic E-state index is 5.56. The molecule has 1 aromatic rings. The van der Waals surface area contributed by atoms with Crippen LogP contribution in [-0.4, -0.2) is 48.7 Å². The van der Waals surface area contributed by atoms with Crippen LogP contribution in [0.4, 0.5) is 5.82 Å². The van der Waals surface area contributed by atoms with Crippen LogP contribution in [0, 0.1) is 0 Å². The Kier molecular flexibility index (Phi) is 6.43. The highest BCUT2D eigenvalue weighted by molar-refractivity contribution is 5.38. The Labute approximate surface area is 110 Å². The number of nitrogens with one attached hydrogen (secondary N) is 1. The van der Waals surface area contributed by atoms with Crippen molar-refractivity contribution in [1.29, 1.82) is 0 Å². The number of ether oxygens (including phenoxy) is 1. The maximum Gasteiger partial charge on any atom is 0.218 e. The maximum absolute atomic E-state index is 5.56. The molecular formula is C13H24N4O. The van der Waals surface area contributed by atoms with Crippen LogP contribution in [0.25, 0.3) is 0 Å². The normalized spacial score (nSPS) is 10.7. The lowest BCUT2D eigenvalue weighted by Crippen LogP contribution is -2.21. The van der Waals surface area contributed by atoms with E-state index in [9.17, 15) is 0 Å². The van der Waals surface area contributed by atoms with Crippen LogP contribution in [0.1, 0.15) is 26.1 Å². The van der Waals surface area contributed by atoms with Crippen LogP contribution < -0.4 is 10.1 Å². The first-order valence-electron chi connectivity index (χ1n) is 6.55. The first-order chi connectivity index (χ1) is 8.65. The third-order valence-corrected chi connectivity index (χ3v) is 2.38. The van der Waals surface area contributed by atoms with Crippen LogP contribution in [-0.2, 0) is 6.42 Å². The fourth-order valence-corrected chi connectivity index (χ4v) is 1.41. The molecule has 0 amide bonds. The highest BCUT2D eigenvalue weighted by Crippen LogP contribution is 2.14. The first-order valence-corrected chi connectivity index (χ1v) is 6.55. The summed E-state index contributed by atoms with van der Waals surface area (Å²) in [7, 11) is 4.10. The van der Waals surface area contributed by atoms with Crippen LogP contribution in [0.5, 0.6) is 5.88 Å². The summed E-state index contributed by atoms with van der Waals surface area (Å²) in [5.74, 6) is 2.32. The number of nitrogens with zero attached hydrogens (tertiary/aromatic N) is 3. The summed E-state index contributed by atoms with van der Waals surface area (Å²) in [6.45, 7) is 6.65. The monoisotopic (exact) mass is 252 g/mol. The van der Waals surface area contributed by atoms with Gasteiger partial charge in [0.1, 0.15) is 11.6 Å². The molecule has 1 rings (SSSR count). The number of aromatic nitrogens is 2. The number of likely N-dealkylation sites (N-methyl/N-ethyl adjacent to an activating group) is 1. The Hall–Kier alpha value is -1.36. The van der Waals surface area contributed by atoms with E-state index >= 15 is 0 Å². The summed E-state index contributed by atoms with van der Waals surface area (Å²) < 4.78 is 5.56. The van der Waals surface area contributed by atoms with Crippen LogP contribution in [0.3, 0.4) is 0 Å². The molecular weight excluding hydrogens is 228 g/mol. The van der Waals surface area contributed by atoms with Gasteiger partial charge in [0.25, 0.3) is 0 Å². The lowest BCUT2D eigenvalue weighted by Gasteiger charge is -2.12. The number of hydrogen-bond donors (Lipinski definition) is 1. The molecule has 0 bridgehead atoms. The lowest BCUT2D eigenvalue weighted by molar-refractivity contribution is 0.304. The molecule has 0 spiro atoms. The van der Waals surface area contributed by atoms with Crippen molar-refractivity contribution in [1.82, 2.24) is 14.9 Å². The van der Waals surface area contributed by atoms with E-state index < -0.39 is 0 Å². The Morgan fingerprint density at radius 2 is 2.06 bits per heavy atom. The number of aryl methyl sites for hydroxylation is 1. The second-order valence-electron chi connectivity index (χ2n) is 4.44. The molecule has 1 aromatic heterocycles. The van der Waals surface area contributed by atoms with E-state index in [0.717, 1.165) is 37.6 Å². The summed E-state index contributed by atoms with van der Waals surface area (Å²) in [4.78, 5) is 10.9. The van der Waals surface area contributed by atoms with E-state index in [2.05, 4.69) is 41.2 Å². The van der Waals surface area contributed by atoms with Gasteiger partial charge in [0.2, 0.25) is 5.88 Å². The van der Waals surface area contributed by atoms with E-state index in [1.54, 1.807) is 0 Å². The van der Waals surface area contributed by atoms with Crippen molar-refractivity contribution in [3.8, 4) is 5.88 Å². The Balaban J connectivity index is 2.64. The van der Waals surface area contributed by atoms with Crippen molar-refractivity contribution in [2.75, 3.05) is 39.1 Å². The minimum Gasteiger partial charge on any atom is -0.478 e. The van der Waals surface area contributed by atoms with E-state index in [1.165, 1.54) is 0 Å².